The second-order valence-corrected chi connectivity index (χ2v) is 8.36. The van der Waals surface area contributed by atoms with E-state index in [-0.39, 0.29) is 24.0 Å². The second kappa shape index (κ2) is 9.70. The Morgan fingerprint density at radius 2 is 1.83 bits per heavy atom. The van der Waals surface area contributed by atoms with Gasteiger partial charge in [0, 0.05) is 50.3 Å². The Morgan fingerprint density at radius 1 is 1.13 bits per heavy atom. The summed E-state index contributed by atoms with van der Waals surface area (Å²) in [4.78, 5) is 7.19. The van der Waals surface area contributed by atoms with Crippen LogP contribution in [0.15, 0.2) is 4.99 Å². The number of nitrogens with one attached hydrogen (secondary N) is 2. The lowest BCUT2D eigenvalue weighted by atomic mass is 9.85. The molecular weight excluding hydrogens is 419 g/mol. The van der Waals surface area contributed by atoms with E-state index >= 15 is 0 Å². The highest BCUT2D eigenvalue weighted by Crippen LogP contribution is 2.36. The quantitative estimate of drug-likeness (QED) is 0.382. The van der Waals surface area contributed by atoms with Crippen LogP contribution in [-0.2, 0) is 0 Å². The van der Waals surface area contributed by atoms with Crippen LogP contribution in [0.3, 0.4) is 0 Å². The van der Waals surface area contributed by atoms with Gasteiger partial charge in [-0.15, -0.1) is 24.0 Å². The Morgan fingerprint density at radius 3 is 2.39 bits per heavy atom. The van der Waals surface area contributed by atoms with Gasteiger partial charge in [0.15, 0.2) is 5.96 Å². The van der Waals surface area contributed by atoms with E-state index in [9.17, 15) is 0 Å². The standard InChI is InChI=1S/C17H32N4S.HI/c1-18-16(19-13-15-5-4-6-15)20-14-17(7-2-3-8-17)21-9-11-22-12-10-21;/h15H,2-14H2,1H3,(H2,18,19,20);1H. The summed E-state index contributed by atoms with van der Waals surface area (Å²) in [7, 11) is 1.90. The second-order valence-electron chi connectivity index (χ2n) is 7.13. The van der Waals surface area contributed by atoms with E-state index in [1.807, 2.05) is 7.05 Å². The van der Waals surface area contributed by atoms with Crippen molar-refractivity contribution in [2.75, 3.05) is 44.7 Å². The summed E-state index contributed by atoms with van der Waals surface area (Å²) in [5.74, 6) is 4.48. The van der Waals surface area contributed by atoms with Crippen LogP contribution in [-0.4, -0.2) is 61.1 Å². The van der Waals surface area contributed by atoms with Gasteiger partial charge in [-0.05, 0) is 31.6 Å². The van der Waals surface area contributed by atoms with Gasteiger partial charge < -0.3 is 10.6 Å². The molecule has 0 amide bonds. The molecule has 0 spiro atoms. The molecule has 0 bridgehead atoms. The summed E-state index contributed by atoms with van der Waals surface area (Å²) in [6.07, 6.45) is 9.67. The molecule has 4 nitrogen and oxygen atoms in total. The molecule has 3 rings (SSSR count). The van der Waals surface area contributed by atoms with Crippen molar-refractivity contribution < 1.29 is 0 Å². The van der Waals surface area contributed by atoms with Crippen LogP contribution < -0.4 is 10.6 Å². The summed E-state index contributed by atoms with van der Waals surface area (Å²) in [6, 6.07) is 0. The van der Waals surface area contributed by atoms with Crippen LogP contribution in [0.4, 0.5) is 0 Å². The number of nitrogens with zero attached hydrogens (tertiary/aromatic N) is 2. The van der Waals surface area contributed by atoms with Gasteiger partial charge in [0.05, 0.1) is 0 Å². The lowest BCUT2D eigenvalue weighted by Gasteiger charge is -2.43. The molecule has 2 saturated carbocycles. The molecule has 1 saturated heterocycles. The fraction of sp³-hybridized carbons (Fsp3) is 0.941. The topological polar surface area (TPSA) is 39.7 Å². The van der Waals surface area contributed by atoms with Crippen LogP contribution >= 0.6 is 35.7 Å². The number of hydrogen-bond donors (Lipinski definition) is 2. The number of thioether (sulfide) groups is 1. The molecule has 1 heterocycles. The summed E-state index contributed by atoms with van der Waals surface area (Å²) in [5, 5.41) is 7.18. The highest BCUT2D eigenvalue weighted by Gasteiger charge is 2.39. The van der Waals surface area contributed by atoms with Crippen molar-refractivity contribution in [2.45, 2.75) is 50.5 Å². The molecular formula is C17H33IN4S. The van der Waals surface area contributed by atoms with E-state index in [2.05, 4.69) is 32.3 Å². The van der Waals surface area contributed by atoms with Crippen LogP contribution in [0, 0.1) is 5.92 Å². The third kappa shape index (κ3) is 5.14. The molecule has 3 fully saturated rings. The number of hydrogen-bond acceptors (Lipinski definition) is 3. The molecule has 0 radical (unpaired) electrons. The molecule has 0 aromatic rings. The highest BCUT2D eigenvalue weighted by molar-refractivity contribution is 14.0. The zero-order chi connectivity index (χ0) is 15.3. The number of rotatable bonds is 5. The molecule has 1 aliphatic heterocycles. The highest BCUT2D eigenvalue weighted by atomic mass is 127. The van der Waals surface area contributed by atoms with Gasteiger partial charge in [0.25, 0.3) is 0 Å². The van der Waals surface area contributed by atoms with E-state index in [0.717, 1.165) is 25.0 Å². The SMILES string of the molecule is CN=C(NCC1CCC1)NCC1(N2CCSCC2)CCCC1.I. The van der Waals surface area contributed by atoms with E-state index < -0.39 is 0 Å². The Hall–Kier alpha value is 0.310. The van der Waals surface area contributed by atoms with Gasteiger partial charge in [0.2, 0.25) is 0 Å². The van der Waals surface area contributed by atoms with E-state index in [1.165, 1.54) is 69.5 Å². The van der Waals surface area contributed by atoms with Crippen molar-refractivity contribution in [1.29, 1.82) is 0 Å². The molecule has 6 heteroatoms. The average Bonchev–Trinajstić information content (AvgIpc) is 3.00. The molecule has 2 N–H and O–H groups in total. The zero-order valence-corrected chi connectivity index (χ0v) is 17.6. The first-order valence-corrected chi connectivity index (χ1v) is 10.3. The number of guanidine groups is 1. The number of halogens is 1. The molecule has 23 heavy (non-hydrogen) atoms. The minimum Gasteiger partial charge on any atom is -0.356 e. The monoisotopic (exact) mass is 452 g/mol. The van der Waals surface area contributed by atoms with Crippen molar-refractivity contribution in [2.24, 2.45) is 10.9 Å². The van der Waals surface area contributed by atoms with Crippen molar-refractivity contribution in [3.05, 3.63) is 0 Å². The van der Waals surface area contributed by atoms with Crippen molar-refractivity contribution in [3.8, 4) is 0 Å². The molecule has 2 aliphatic carbocycles. The van der Waals surface area contributed by atoms with Crippen molar-refractivity contribution >= 4 is 41.7 Å². The normalized spacial score (nSPS) is 25.5. The Balaban J connectivity index is 0.00000192. The smallest absolute Gasteiger partial charge is 0.191 e. The maximum atomic E-state index is 4.43. The van der Waals surface area contributed by atoms with Gasteiger partial charge in [-0.2, -0.15) is 11.8 Å². The first-order valence-electron chi connectivity index (χ1n) is 9.10. The van der Waals surface area contributed by atoms with Crippen LogP contribution in [0.25, 0.3) is 0 Å². The average molecular weight is 452 g/mol. The maximum Gasteiger partial charge on any atom is 0.191 e. The lowest BCUT2D eigenvalue weighted by molar-refractivity contribution is 0.107. The van der Waals surface area contributed by atoms with Crippen LogP contribution in [0.1, 0.15) is 44.9 Å². The zero-order valence-electron chi connectivity index (χ0n) is 14.5. The predicted octanol–water partition coefficient (Wildman–Crippen LogP) is 2.93. The minimum absolute atomic E-state index is 0. The van der Waals surface area contributed by atoms with Crippen molar-refractivity contribution in [1.82, 2.24) is 15.5 Å². The molecule has 3 aliphatic rings. The van der Waals surface area contributed by atoms with E-state index in [1.54, 1.807) is 0 Å². The summed E-state index contributed by atoms with van der Waals surface area (Å²) in [5.41, 5.74) is 0.384. The number of aliphatic imine (C=N–C) groups is 1. The van der Waals surface area contributed by atoms with Gasteiger partial charge >= 0.3 is 0 Å². The van der Waals surface area contributed by atoms with Crippen LogP contribution in [0.5, 0.6) is 0 Å². The third-order valence-corrected chi connectivity index (χ3v) is 6.75. The minimum atomic E-state index is 0. The Kier molecular flexibility index (Phi) is 8.28. The predicted molar refractivity (Wildman–Crippen MR) is 112 cm³/mol. The fourth-order valence-corrected chi connectivity index (χ4v) is 4.99. The molecule has 0 aromatic carbocycles. The molecule has 134 valence electrons. The first-order chi connectivity index (χ1) is 10.8. The molecule has 0 atom stereocenters. The maximum absolute atomic E-state index is 4.43. The summed E-state index contributed by atoms with van der Waals surface area (Å²) < 4.78 is 0. The molecule has 0 aromatic heterocycles. The summed E-state index contributed by atoms with van der Waals surface area (Å²) in [6.45, 7) is 4.68. The Labute approximate surface area is 163 Å². The largest absolute Gasteiger partial charge is 0.356 e. The lowest BCUT2D eigenvalue weighted by Crippen LogP contribution is -2.57. The van der Waals surface area contributed by atoms with Gasteiger partial charge in [0.1, 0.15) is 0 Å². The van der Waals surface area contributed by atoms with Crippen molar-refractivity contribution in [3.63, 3.8) is 0 Å². The van der Waals surface area contributed by atoms with Gasteiger partial charge in [-0.25, -0.2) is 0 Å². The molecule has 0 unspecified atom stereocenters. The van der Waals surface area contributed by atoms with Gasteiger partial charge in [-0.3, -0.25) is 9.89 Å². The fourth-order valence-electron chi connectivity index (χ4n) is 4.08. The third-order valence-electron chi connectivity index (χ3n) is 5.81. The van der Waals surface area contributed by atoms with E-state index in [4.69, 9.17) is 0 Å². The summed E-state index contributed by atoms with van der Waals surface area (Å²) >= 11 is 2.11. The first kappa shape index (κ1) is 19.6. The van der Waals surface area contributed by atoms with E-state index in [0.29, 0.717) is 5.54 Å². The van der Waals surface area contributed by atoms with Crippen LogP contribution in [0.2, 0.25) is 0 Å². The Bertz CT molecular complexity index is 375. The van der Waals surface area contributed by atoms with Gasteiger partial charge in [-0.1, -0.05) is 19.3 Å².